The van der Waals surface area contributed by atoms with Crippen LogP contribution in [-0.4, -0.2) is 16.1 Å². The number of hydrogen-bond acceptors (Lipinski definition) is 4. The van der Waals surface area contributed by atoms with Crippen molar-refractivity contribution in [2.75, 3.05) is 9.80 Å². The summed E-state index contributed by atoms with van der Waals surface area (Å²) >= 11 is 1.96. The van der Waals surface area contributed by atoms with E-state index >= 15 is 0 Å². The first-order chi connectivity index (χ1) is 35.0. The maximum atomic E-state index is 5.52. The lowest BCUT2D eigenvalue weighted by Crippen LogP contribution is -2.63. The zero-order chi connectivity index (χ0) is 51.5. The SMILES string of the molecule is CC(C)(C)c1ccc2c(c1)Sc1cc(C(C)(C)C)cc3c1N2c1cc(-c2cccc4nc5c6ccccc6c6ccccc6n5c24)cc2c1B3c1cc(C(C)(C)C)cc3c1N2c1ccc(C(C)(C)C)cc1C3(C)C. The Balaban J connectivity index is 1.17. The Bertz CT molecular complexity index is 4150. The minimum absolute atomic E-state index is 0.00296. The van der Waals surface area contributed by atoms with Gasteiger partial charge in [0.25, 0.3) is 6.71 Å². The fraction of sp³-hybridized carbons (Fsp3) is 0.279. The van der Waals surface area contributed by atoms with Crippen molar-refractivity contribution < 1.29 is 0 Å². The molecule has 0 atom stereocenters. The second-order valence-corrected chi connectivity index (χ2v) is 27.6. The first-order valence-electron chi connectivity index (χ1n) is 26.8. The number of hydrogen-bond donors (Lipinski definition) is 0. The van der Waals surface area contributed by atoms with Crippen molar-refractivity contribution in [3.63, 3.8) is 0 Å². The molecule has 2 aromatic heterocycles. The summed E-state index contributed by atoms with van der Waals surface area (Å²) in [6.45, 7) is 33.4. The summed E-state index contributed by atoms with van der Waals surface area (Å²) in [5.74, 6) is 0. The molecule has 74 heavy (non-hydrogen) atoms. The van der Waals surface area contributed by atoms with Crippen LogP contribution in [0.3, 0.4) is 0 Å². The van der Waals surface area contributed by atoms with Gasteiger partial charge in [0.05, 0.1) is 33.6 Å². The number of anilines is 6. The highest BCUT2D eigenvalue weighted by Gasteiger charge is 2.51. The van der Waals surface area contributed by atoms with Gasteiger partial charge in [-0.1, -0.05) is 200 Å². The molecule has 10 aromatic rings. The Morgan fingerprint density at radius 2 is 1.03 bits per heavy atom. The van der Waals surface area contributed by atoms with E-state index in [1.165, 1.54) is 116 Å². The number of nitrogens with zero attached hydrogens (tertiary/aromatic N) is 4. The van der Waals surface area contributed by atoms with Crippen molar-refractivity contribution in [2.24, 2.45) is 0 Å². The van der Waals surface area contributed by atoms with Gasteiger partial charge in [-0.05, 0) is 131 Å². The van der Waals surface area contributed by atoms with Gasteiger partial charge in [-0.3, -0.25) is 4.40 Å². The summed E-state index contributed by atoms with van der Waals surface area (Å²) in [6.07, 6.45) is 0. The van der Waals surface area contributed by atoms with Crippen molar-refractivity contribution in [2.45, 2.75) is 134 Å². The van der Waals surface area contributed by atoms with Crippen LogP contribution in [0.4, 0.5) is 34.1 Å². The van der Waals surface area contributed by atoms with E-state index in [-0.39, 0.29) is 33.8 Å². The number of benzene rings is 8. The molecule has 0 aliphatic carbocycles. The fourth-order valence-corrected chi connectivity index (χ4v) is 14.3. The molecule has 0 spiro atoms. The Labute approximate surface area is 441 Å². The maximum Gasteiger partial charge on any atom is 0.252 e. The van der Waals surface area contributed by atoms with Crippen LogP contribution in [0.25, 0.3) is 49.5 Å². The molecule has 0 amide bonds. The van der Waals surface area contributed by atoms with E-state index in [1.54, 1.807) is 0 Å². The molecule has 0 N–H and O–H groups in total. The van der Waals surface area contributed by atoms with Gasteiger partial charge in [-0.15, -0.1) is 0 Å². The molecule has 6 heterocycles. The van der Waals surface area contributed by atoms with E-state index in [2.05, 4.69) is 251 Å². The Morgan fingerprint density at radius 1 is 0.473 bits per heavy atom. The number of aromatic nitrogens is 2. The summed E-state index contributed by atoms with van der Waals surface area (Å²) in [5, 5.41) is 3.61. The normalized spacial score (nSPS) is 15.4. The average Bonchev–Trinajstić information content (AvgIpc) is 3.76. The van der Waals surface area contributed by atoms with Gasteiger partial charge in [0, 0.05) is 48.6 Å². The van der Waals surface area contributed by atoms with Gasteiger partial charge in [-0.25, -0.2) is 4.98 Å². The third-order valence-corrected chi connectivity index (χ3v) is 18.4. The molecule has 14 rings (SSSR count). The highest BCUT2D eigenvalue weighted by Crippen LogP contribution is 2.59. The molecule has 0 radical (unpaired) electrons. The number of pyridine rings is 1. The molecule has 8 aromatic carbocycles. The minimum Gasteiger partial charge on any atom is -0.311 e. The van der Waals surface area contributed by atoms with Crippen LogP contribution in [0.1, 0.15) is 130 Å². The molecule has 0 bridgehead atoms. The predicted octanol–water partition coefficient (Wildman–Crippen LogP) is 16.8. The Kier molecular flexibility index (Phi) is 9.14. The zero-order valence-electron chi connectivity index (χ0n) is 45.6. The number of imidazole rings is 1. The standard InChI is InChI=1S/C68H65BN4S/c1-64(2,3)39-26-28-53-47(32-39)68(13,14)48-33-41(66(7,8)9)34-49-61(48)71(53)55-30-38(43-23-19-24-51-60(43)73-52-25-18-17-21-45(52)44-20-15-16-22-46(44)63(73)70-51)31-56-59(55)69(49)50-35-42(67(10,11)12)37-58-62(50)72(56)54-29-27-40(65(4,5)6)36-57(54)74-58/h15-37H,1-14H3. The molecule has 0 saturated carbocycles. The summed E-state index contributed by atoms with van der Waals surface area (Å²) in [7, 11) is 0. The van der Waals surface area contributed by atoms with Gasteiger partial charge in [-0.2, -0.15) is 0 Å². The topological polar surface area (TPSA) is 23.8 Å². The quantitative estimate of drug-likeness (QED) is 0.121. The predicted molar refractivity (Wildman–Crippen MR) is 318 cm³/mol. The van der Waals surface area contributed by atoms with E-state index in [0.717, 1.165) is 27.6 Å². The summed E-state index contributed by atoms with van der Waals surface area (Å²) < 4.78 is 2.45. The molecule has 4 aliphatic rings. The Hall–Kier alpha value is -6.76. The van der Waals surface area contributed by atoms with E-state index in [4.69, 9.17) is 4.98 Å². The van der Waals surface area contributed by atoms with Crippen molar-refractivity contribution in [1.29, 1.82) is 0 Å². The Morgan fingerprint density at radius 3 is 1.70 bits per heavy atom. The summed E-state index contributed by atoms with van der Waals surface area (Å²) in [5.41, 5.74) is 26.2. The number of para-hydroxylation sites is 2. The van der Waals surface area contributed by atoms with Crippen molar-refractivity contribution in [1.82, 2.24) is 9.38 Å². The highest BCUT2D eigenvalue weighted by atomic mass is 32.2. The molecule has 0 fully saturated rings. The lowest BCUT2D eigenvalue weighted by atomic mass is 9.32. The van der Waals surface area contributed by atoms with Crippen LogP contribution >= 0.6 is 11.8 Å². The van der Waals surface area contributed by atoms with Gasteiger partial charge < -0.3 is 9.80 Å². The lowest BCUT2D eigenvalue weighted by molar-refractivity contribution is 0.574. The van der Waals surface area contributed by atoms with E-state index in [0.29, 0.717) is 0 Å². The van der Waals surface area contributed by atoms with E-state index in [9.17, 15) is 0 Å². The monoisotopic (exact) mass is 981 g/mol. The smallest absolute Gasteiger partial charge is 0.252 e. The molecule has 0 saturated heterocycles. The summed E-state index contributed by atoms with van der Waals surface area (Å²) in [4.78, 5) is 13.5. The van der Waals surface area contributed by atoms with Crippen LogP contribution in [0.15, 0.2) is 149 Å². The van der Waals surface area contributed by atoms with Crippen LogP contribution in [-0.2, 0) is 27.1 Å². The molecule has 4 nitrogen and oxygen atoms in total. The second-order valence-electron chi connectivity index (χ2n) is 26.6. The largest absolute Gasteiger partial charge is 0.311 e. The van der Waals surface area contributed by atoms with Crippen molar-refractivity contribution >= 4 is 107 Å². The van der Waals surface area contributed by atoms with Crippen LogP contribution < -0.4 is 26.2 Å². The van der Waals surface area contributed by atoms with Crippen molar-refractivity contribution in [3.8, 4) is 11.1 Å². The minimum atomic E-state index is -0.282. The van der Waals surface area contributed by atoms with Crippen LogP contribution in [0, 0.1) is 0 Å². The average molecular weight is 981 g/mol. The lowest BCUT2D eigenvalue weighted by Gasteiger charge is -2.51. The first kappa shape index (κ1) is 45.8. The molecular weight excluding hydrogens is 916 g/mol. The van der Waals surface area contributed by atoms with E-state index in [1.807, 2.05) is 11.8 Å². The second kappa shape index (κ2) is 14.8. The van der Waals surface area contributed by atoms with Gasteiger partial charge in [0.15, 0.2) is 0 Å². The highest BCUT2D eigenvalue weighted by molar-refractivity contribution is 7.99. The van der Waals surface area contributed by atoms with Crippen LogP contribution in [0.5, 0.6) is 0 Å². The van der Waals surface area contributed by atoms with E-state index < -0.39 is 0 Å². The molecule has 0 unspecified atom stereocenters. The number of fused-ring (bicyclic) bond motifs is 16. The number of rotatable bonds is 1. The molecule has 4 aliphatic heterocycles. The molecular formula is C68H65BN4S. The van der Waals surface area contributed by atoms with Crippen molar-refractivity contribution in [3.05, 3.63) is 173 Å². The third kappa shape index (κ3) is 6.27. The third-order valence-electron chi connectivity index (χ3n) is 17.3. The maximum absolute atomic E-state index is 5.52. The van der Waals surface area contributed by atoms with Gasteiger partial charge in [0.1, 0.15) is 5.65 Å². The van der Waals surface area contributed by atoms with Gasteiger partial charge in [0.2, 0.25) is 0 Å². The van der Waals surface area contributed by atoms with Gasteiger partial charge >= 0.3 is 0 Å². The fourth-order valence-electron chi connectivity index (χ4n) is 13.1. The zero-order valence-corrected chi connectivity index (χ0v) is 46.4. The molecule has 366 valence electrons. The summed E-state index contributed by atoms with van der Waals surface area (Å²) in [6, 6.07) is 54.6. The van der Waals surface area contributed by atoms with Crippen LogP contribution in [0.2, 0.25) is 0 Å². The first-order valence-corrected chi connectivity index (χ1v) is 27.6. The molecule has 6 heteroatoms.